The predicted molar refractivity (Wildman–Crippen MR) is 88.5 cm³/mol. The minimum Gasteiger partial charge on any atom is -0.361 e. The Balaban J connectivity index is 1.81. The summed E-state index contributed by atoms with van der Waals surface area (Å²) in [5, 5.41) is 6.43. The Hall–Kier alpha value is -2.70. The van der Waals surface area contributed by atoms with Gasteiger partial charge in [-0.15, -0.1) is 0 Å². The van der Waals surface area contributed by atoms with E-state index in [-0.39, 0.29) is 37.1 Å². The van der Waals surface area contributed by atoms with Crippen LogP contribution in [-0.2, 0) is 11.2 Å². The van der Waals surface area contributed by atoms with E-state index >= 15 is 0 Å². The van der Waals surface area contributed by atoms with Crippen LogP contribution in [0.3, 0.4) is 0 Å². The molecule has 0 radical (unpaired) electrons. The number of carbonyl (C=O) groups is 2. The van der Waals surface area contributed by atoms with E-state index in [1.165, 1.54) is 6.07 Å². The molecule has 0 unspecified atom stereocenters. The first-order valence-electron chi connectivity index (χ1n) is 8.06. The van der Waals surface area contributed by atoms with E-state index in [1.54, 1.807) is 44.0 Å². The zero-order valence-electron chi connectivity index (χ0n) is 14.4. The lowest BCUT2D eigenvalue weighted by molar-refractivity contribution is -0.138. The summed E-state index contributed by atoms with van der Waals surface area (Å²) in [6.45, 7) is 3.83. The number of carbonyl (C=O) groups excluding carboxylic acids is 2. The van der Waals surface area contributed by atoms with Gasteiger partial charge >= 0.3 is 0 Å². The van der Waals surface area contributed by atoms with Crippen molar-refractivity contribution in [1.82, 2.24) is 15.4 Å². The van der Waals surface area contributed by atoms with Crippen LogP contribution in [0.2, 0.25) is 0 Å². The molecule has 1 aliphatic rings. The van der Waals surface area contributed by atoms with Gasteiger partial charge in [0.05, 0.1) is 11.1 Å². The molecule has 3 rings (SSSR count). The summed E-state index contributed by atoms with van der Waals surface area (Å²) in [5.41, 5.74) is 0.590. The Kier molecular flexibility index (Phi) is 4.32. The highest BCUT2D eigenvalue weighted by Crippen LogP contribution is 2.36. The van der Waals surface area contributed by atoms with Crippen molar-refractivity contribution >= 4 is 11.8 Å². The van der Waals surface area contributed by atoms with E-state index in [0.29, 0.717) is 22.6 Å². The highest BCUT2D eigenvalue weighted by Gasteiger charge is 2.51. The third-order valence-corrected chi connectivity index (χ3v) is 4.72. The van der Waals surface area contributed by atoms with Gasteiger partial charge in [0.15, 0.2) is 0 Å². The van der Waals surface area contributed by atoms with Gasteiger partial charge in [0.1, 0.15) is 17.1 Å². The smallest absolute Gasteiger partial charge is 0.259 e. The SMILES string of the molecule is CNC(=O)C1(Cc2ccccc2F)CN(C(=O)c2c(C)noc2C)C1. The Morgan fingerprint density at radius 3 is 2.56 bits per heavy atom. The molecule has 1 aromatic carbocycles. The van der Waals surface area contributed by atoms with E-state index in [1.807, 2.05) is 0 Å². The number of amides is 2. The standard InChI is InChI=1S/C18H20FN3O3/c1-11-15(12(2)25-21-11)16(23)22-9-18(10-22,17(24)20-3)8-13-6-4-5-7-14(13)19/h4-7H,8-10H2,1-3H3,(H,20,24). The first-order valence-corrected chi connectivity index (χ1v) is 8.06. The predicted octanol–water partition coefficient (Wildman–Crippen LogP) is 1.86. The fourth-order valence-electron chi connectivity index (χ4n) is 3.38. The number of halogens is 1. The van der Waals surface area contributed by atoms with Crippen LogP contribution in [0.1, 0.15) is 27.4 Å². The molecule has 1 aliphatic heterocycles. The second-order valence-electron chi connectivity index (χ2n) is 6.49. The Morgan fingerprint density at radius 2 is 2.00 bits per heavy atom. The molecule has 2 aromatic rings. The van der Waals surface area contributed by atoms with Gasteiger partial charge in [0, 0.05) is 20.1 Å². The summed E-state index contributed by atoms with van der Waals surface area (Å²) in [7, 11) is 1.55. The van der Waals surface area contributed by atoms with Crippen LogP contribution in [0.25, 0.3) is 0 Å². The molecule has 6 nitrogen and oxygen atoms in total. The van der Waals surface area contributed by atoms with E-state index in [4.69, 9.17) is 4.52 Å². The zero-order chi connectivity index (χ0) is 18.2. The average molecular weight is 345 g/mol. The second-order valence-corrected chi connectivity index (χ2v) is 6.49. The summed E-state index contributed by atoms with van der Waals surface area (Å²) in [4.78, 5) is 26.7. The van der Waals surface area contributed by atoms with Gasteiger partial charge in [0.25, 0.3) is 5.91 Å². The molecular formula is C18H20FN3O3. The lowest BCUT2D eigenvalue weighted by Gasteiger charge is -2.48. The molecule has 0 atom stereocenters. The monoisotopic (exact) mass is 345 g/mol. The maximum absolute atomic E-state index is 14.0. The Labute approximate surface area is 145 Å². The van der Waals surface area contributed by atoms with Gasteiger partial charge in [0.2, 0.25) is 5.91 Å². The fraction of sp³-hybridized carbons (Fsp3) is 0.389. The summed E-state index contributed by atoms with van der Waals surface area (Å²) < 4.78 is 19.0. The van der Waals surface area contributed by atoms with E-state index < -0.39 is 5.41 Å². The highest BCUT2D eigenvalue weighted by atomic mass is 19.1. The molecular weight excluding hydrogens is 325 g/mol. The van der Waals surface area contributed by atoms with Gasteiger partial charge in [-0.2, -0.15) is 0 Å². The molecule has 0 spiro atoms. The Morgan fingerprint density at radius 1 is 1.32 bits per heavy atom. The number of benzene rings is 1. The lowest BCUT2D eigenvalue weighted by Crippen LogP contribution is -2.65. The van der Waals surface area contributed by atoms with Crippen molar-refractivity contribution in [2.45, 2.75) is 20.3 Å². The van der Waals surface area contributed by atoms with Gasteiger partial charge in [-0.1, -0.05) is 23.4 Å². The van der Waals surface area contributed by atoms with Crippen molar-refractivity contribution < 1.29 is 18.5 Å². The maximum Gasteiger partial charge on any atom is 0.259 e. The van der Waals surface area contributed by atoms with Crippen molar-refractivity contribution in [3.63, 3.8) is 0 Å². The highest BCUT2D eigenvalue weighted by molar-refractivity contribution is 5.98. The second kappa shape index (κ2) is 6.31. The third kappa shape index (κ3) is 2.90. The number of nitrogens with one attached hydrogen (secondary N) is 1. The third-order valence-electron chi connectivity index (χ3n) is 4.72. The topological polar surface area (TPSA) is 75.4 Å². The van der Waals surface area contributed by atoms with Crippen molar-refractivity contribution in [2.75, 3.05) is 20.1 Å². The molecule has 25 heavy (non-hydrogen) atoms. The van der Waals surface area contributed by atoms with Crippen LogP contribution >= 0.6 is 0 Å². The number of likely N-dealkylation sites (tertiary alicyclic amines) is 1. The molecule has 1 aromatic heterocycles. The van der Waals surface area contributed by atoms with Crippen molar-refractivity contribution in [3.05, 3.63) is 52.7 Å². The van der Waals surface area contributed by atoms with Crippen LogP contribution in [0, 0.1) is 25.1 Å². The first-order chi connectivity index (χ1) is 11.9. The molecule has 2 amide bonds. The number of rotatable bonds is 4. The molecule has 1 N–H and O–H groups in total. The van der Waals surface area contributed by atoms with Crippen LogP contribution in [0.15, 0.2) is 28.8 Å². The molecule has 2 heterocycles. The Bertz CT molecular complexity index is 805. The number of aryl methyl sites for hydroxylation is 2. The molecule has 0 aliphatic carbocycles. The molecule has 1 saturated heterocycles. The van der Waals surface area contributed by atoms with Crippen molar-refractivity contribution in [2.24, 2.45) is 5.41 Å². The number of nitrogens with zero attached hydrogens (tertiary/aromatic N) is 2. The van der Waals surface area contributed by atoms with Gasteiger partial charge in [-0.3, -0.25) is 9.59 Å². The number of hydrogen-bond acceptors (Lipinski definition) is 4. The normalized spacial score (nSPS) is 15.6. The fourth-order valence-corrected chi connectivity index (χ4v) is 3.38. The van der Waals surface area contributed by atoms with Crippen LogP contribution in [0.4, 0.5) is 4.39 Å². The largest absolute Gasteiger partial charge is 0.361 e. The molecule has 0 bridgehead atoms. The first kappa shape index (κ1) is 17.1. The van der Waals surface area contributed by atoms with Crippen LogP contribution in [0.5, 0.6) is 0 Å². The van der Waals surface area contributed by atoms with Crippen LogP contribution < -0.4 is 5.32 Å². The van der Waals surface area contributed by atoms with Crippen molar-refractivity contribution in [1.29, 1.82) is 0 Å². The van der Waals surface area contributed by atoms with Gasteiger partial charge < -0.3 is 14.7 Å². The minimum absolute atomic E-state index is 0.196. The zero-order valence-corrected chi connectivity index (χ0v) is 14.4. The number of aromatic nitrogens is 1. The average Bonchev–Trinajstić information content (AvgIpc) is 2.89. The summed E-state index contributed by atoms with van der Waals surface area (Å²) >= 11 is 0. The molecule has 1 fully saturated rings. The molecule has 132 valence electrons. The summed E-state index contributed by atoms with van der Waals surface area (Å²) in [6, 6.07) is 6.39. The van der Waals surface area contributed by atoms with Crippen molar-refractivity contribution in [3.8, 4) is 0 Å². The minimum atomic E-state index is -0.828. The lowest BCUT2D eigenvalue weighted by atomic mass is 9.73. The summed E-state index contributed by atoms with van der Waals surface area (Å²) in [5.74, 6) is -0.307. The molecule has 0 saturated carbocycles. The maximum atomic E-state index is 14.0. The van der Waals surface area contributed by atoms with E-state index in [0.717, 1.165) is 0 Å². The van der Waals surface area contributed by atoms with Gasteiger partial charge in [-0.25, -0.2) is 4.39 Å². The van der Waals surface area contributed by atoms with Crippen LogP contribution in [-0.4, -0.2) is 42.0 Å². The molecule has 7 heteroatoms. The van der Waals surface area contributed by atoms with Gasteiger partial charge in [-0.05, 0) is 31.9 Å². The summed E-state index contributed by atoms with van der Waals surface area (Å²) in [6.07, 6.45) is 0.241. The van der Waals surface area contributed by atoms with E-state index in [2.05, 4.69) is 10.5 Å². The number of hydrogen-bond donors (Lipinski definition) is 1. The quantitative estimate of drug-likeness (QED) is 0.918. The van der Waals surface area contributed by atoms with E-state index in [9.17, 15) is 14.0 Å².